The summed E-state index contributed by atoms with van der Waals surface area (Å²) in [6, 6.07) is 17.3. The van der Waals surface area contributed by atoms with E-state index in [0.717, 1.165) is 5.56 Å². The summed E-state index contributed by atoms with van der Waals surface area (Å²) in [6.45, 7) is 1.59. The van der Waals surface area contributed by atoms with Crippen molar-refractivity contribution < 1.29 is 13.9 Å². The molecular weight excluding hydrogens is 505 g/mol. The Kier molecular flexibility index (Phi) is 7.05. The van der Waals surface area contributed by atoms with E-state index in [4.69, 9.17) is 56.2 Å². The van der Waals surface area contributed by atoms with Gasteiger partial charge in [0.1, 0.15) is 11.3 Å². The molecular formula is C23H16Cl3N3O3S. The molecule has 4 aromatic rings. The SMILES string of the molecule is CC(Oc1ccc(Cl)cc1Cl)C(=O)NC(=S)Nc1cccc(-c2nc3cc(Cl)ccc3o2)c1. The minimum absolute atomic E-state index is 0.110. The number of fused-ring (bicyclic) bond motifs is 1. The highest BCUT2D eigenvalue weighted by Gasteiger charge is 2.18. The minimum Gasteiger partial charge on any atom is -0.479 e. The monoisotopic (exact) mass is 519 g/mol. The van der Waals surface area contributed by atoms with Gasteiger partial charge < -0.3 is 14.5 Å². The van der Waals surface area contributed by atoms with Crippen molar-refractivity contribution in [1.29, 1.82) is 0 Å². The van der Waals surface area contributed by atoms with E-state index in [-0.39, 0.29) is 5.11 Å². The van der Waals surface area contributed by atoms with Crippen LogP contribution in [-0.4, -0.2) is 22.1 Å². The number of carbonyl (C=O) groups is 1. The summed E-state index contributed by atoms with van der Waals surface area (Å²) < 4.78 is 11.4. The van der Waals surface area contributed by atoms with Gasteiger partial charge in [-0.05, 0) is 73.7 Å². The second-order valence-electron chi connectivity index (χ2n) is 6.99. The van der Waals surface area contributed by atoms with E-state index < -0.39 is 12.0 Å². The van der Waals surface area contributed by atoms with Crippen LogP contribution in [0.25, 0.3) is 22.6 Å². The molecule has 0 spiro atoms. The number of nitrogens with zero attached hydrogens (tertiary/aromatic N) is 1. The van der Waals surface area contributed by atoms with Crippen molar-refractivity contribution in [2.45, 2.75) is 13.0 Å². The molecule has 168 valence electrons. The number of amides is 1. The number of hydrogen-bond donors (Lipinski definition) is 2. The summed E-state index contributed by atoms with van der Waals surface area (Å²) in [5.74, 6) is 0.341. The van der Waals surface area contributed by atoms with Gasteiger partial charge in [-0.25, -0.2) is 4.98 Å². The van der Waals surface area contributed by atoms with Gasteiger partial charge in [-0.3, -0.25) is 10.1 Å². The zero-order valence-electron chi connectivity index (χ0n) is 17.1. The van der Waals surface area contributed by atoms with Crippen LogP contribution in [0, 0.1) is 0 Å². The number of thiocarbonyl (C=S) groups is 1. The highest BCUT2D eigenvalue weighted by Crippen LogP contribution is 2.29. The van der Waals surface area contributed by atoms with E-state index in [0.29, 0.717) is 43.5 Å². The van der Waals surface area contributed by atoms with Gasteiger partial charge >= 0.3 is 0 Å². The van der Waals surface area contributed by atoms with Crippen molar-refractivity contribution in [3.05, 3.63) is 75.7 Å². The van der Waals surface area contributed by atoms with Gasteiger partial charge in [0.05, 0.1) is 5.02 Å². The van der Waals surface area contributed by atoms with Gasteiger partial charge in [-0.15, -0.1) is 0 Å². The molecule has 0 fully saturated rings. The Morgan fingerprint density at radius 2 is 1.82 bits per heavy atom. The molecule has 2 N–H and O–H groups in total. The Bertz CT molecular complexity index is 1360. The summed E-state index contributed by atoms with van der Waals surface area (Å²) in [4.78, 5) is 16.9. The van der Waals surface area contributed by atoms with Crippen LogP contribution in [0.5, 0.6) is 5.75 Å². The quantitative estimate of drug-likeness (QED) is 0.284. The fourth-order valence-corrected chi connectivity index (χ4v) is 3.78. The number of benzene rings is 3. The number of nitrogens with one attached hydrogen (secondary N) is 2. The van der Waals surface area contributed by atoms with E-state index in [1.54, 1.807) is 49.4 Å². The van der Waals surface area contributed by atoms with Gasteiger partial charge in [-0.1, -0.05) is 40.9 Å². The van der Waals surface area contributed by atoms with Gasteiger partial charge in [0.15, 0.2) is 16.8 Å². The number of hydrogen-bond acceptors (Lipinski definition) is 5. The van der Waals surface area contributed by atoms with Crippen LogP contribution in [0.15, 0.2) is 65.1 Å². The van der Waals surface area contributed by atoms with Gasteiger partial charge in [0.25, 0.3) is 5.91 Å². The largest absolute Gasteiger partial charge is 0.479 e. The minimum atomic E-state index is -0.846. The fraction of sp³-hybridized carbons (Fsp3) is 0.0870. The second-order valence-corrected chi connectivity index (χ2v) is 8.68. The molecule has 0 saturated heterocycles. The maximum Gasteiger partial charge on any atom is 0.266 e. The van der Waals surface area contributed by atoms with Crippen molar-refractivity contribution in [3.8, 4) is 17.2 Å². The van der Waals surface area contributed by atoms with Gasteiger partial charge in [0, 0.05) is 21.3 Å². The highest BCUT2D eigenvalue weighted by molar-refractivity contribution is 7.80. The maximum absolute atomic E-state index is 12.5. The smallest absolute Gasteiger partial charge is 0.266 e. The molecule has 0 aliphatic carbocycles. The number of oxazole rings is 1. The highest BCUT2D eigenvalue weighted by atomic mass is 35.5. The molecule has 0 aliphatic heterocycles. The lowest BCUT2D eigenvalue weighted by Crippen LogP contribution is -2.42. The van der Waals surface area contributed by atoms with Crippen LogP contribution in [0.1, 0.15) is 6.92 Å². The topological polar surface area (TPSA) is 76.4 Å². The zero-order chi connectivity index (χ0) is 23.5. The van der Waals surface area contributed by atoms with E-state index in [9.17, 15) is 4.79 Å². The predicted octanol–water partition coefficient (Wildman–Crippen LogP) is 6.74. The Morgan fingerprint density at radius 1 is 1.06 bits per heavy atom. The normalized spacial score (nSPS) is 11.8. The molecule has 3 aromatic carbocycles. The molecule has 6 nitrogen and oxygen atoms in total. The molecule has 1 aromatic heterocycles. The van der Waals surface area contributed by atoms with Crippen LogP contribution in [0.2, 0.25) is 15.1 Å². The first-order valence-electron chi connectivity index (χ1n) is 9.68. The summed E-state index contributed by atoms with van der Waals surface area (Å²) >= 11 is 23.3. The molecule has 4 rings (SSSR count). The van der Waals surface area contributed by atoms with E-state index in [1.807, 2.05) is 12.1 Å². The summed E-state index contributed by atoms with van der Waals surface area (Å²) in [5.41, 5.74) is 2.67. The molecule has 0 bridgehead atoms. The molecule has 1 heterocycles. The van der Waals surface area contributed by atoms with Crippen molar-refractivity contribution in [3.63, 3.8) is 0 Å². The van der Waals surface area contributed by atoms with Crippen LogP contribution in [0.3, 0.4) is 0 Å². The first-order valence-corrected chi connectivity index (χ1v) is 11.2. The lowest BCUT2D eigenvalue weighted by Gasteiger charge is -2.16. The average Bonchev–Trinajstić information content (AvgIpc) is 3.19. The molecule has 1 amide bonds. The third-order valence-electron chi connectivity index (χ3n) is 4.52. The van der Waals surface area contributed by atoms with Crippen LogP contribution >= 0.6 is 47.0 Å². The summed E-state index contributed by atoms with van der Waals surface area (Å²) in [6.07, 6.45) is -0.846. The molecule has 1 unspecified atom stereocenters. The first-order chi connectivity index (χ1) is 15.8. The Labute approximate surface area is 209 Å². The standard InChI is InChI=1S/C23H16Cl3N3O3S/c1-12(31-19-7-5-14(24)10-17(19)26)21(30)29-23(33)27-16-4-2-3-13(9-16)22-28-18-11-15(25)6-8-20(18)32-22/h2-12H,1H3,(H2,27,29,30,33). The van der Waals surface area contributed by atoms with Gasteiger partial charge in [0.2, 0.25) is 5.89 Å². The summed E-state index contributed by atoms with van der Waals surface area (Å²) in [7, 11) is 0. The predicted molar refractivity (Wildman–Crippen MR) is 135 cm³/mol. The number of halogens is 3. The first kappa shape index (κ1) is 23.3. The van der Waals surface area contributed by atoms with Crippen LogP contribution in [-0.2, 0) is 4.79 Å². The van der Waals surface area contributed by atoms with Crippen molar-refractivity contribution in [2.24, 2.45) is 0 Å². The zero-order valence-corrected chi connectivity index (χ0v) is 20.1. The van der Waals surface area contributed by atoms with E-state index in [1.165, 1.54) is 6.07 Å². The van der Waals surface area contributed by atoms with Crippen LogP contribution in [0.4, 0.5) is 5.69 Å². The van der Waals surface area contributed by atoms with Crippen molar-refractivity contribution in [1.82, 2.24) is 10.3 Å². The number of ether oxygens (including phenoxy) is 1. The Morgan fingerprint density at radius 3 is 2.61 bits per heavy atom. The number of aromatic nitrogens is 1. The summed E-state index contributed by atoms with van der Waals surface area (Å²) in [5, 5.41) is 7.04. The maximum atomic E-state index is 12.5. The van der Waals surface area contributed by atoms with Crippen molar-refractivity contribution >= 4 is 74.8 Å². The van der Waals surface area contributed by atoms with Gasteiger partial charge in [-0.2, -0.15) is 0 Å². The molecule has 10 heteroatoms. The third kappa shape index (κ3) is 5.75. The van der Waals surface area contributed by atoms with Crippen molar-refractivity contribution in [2.75, 3.05) is 5.32 Å². The molecule has 1 atom stereocenters. The molecule has 0 saturated carbocycles. The van der Waals surface area contributed by atoms with Crippen LogP contribution < -0.4 is 15.4 Å². The number of rotatable bonds is 5. The Hall–Kier alpha value is -2.84. The van der Waals surface area contributed by atoms with E-state index >= 15 is 0 Å². The lowest BCUT2D eigenvalue weighted by atomic mass is 10.2. The molecule has 33 heavy (non-hydrogen) atoms. The fourth-order valence-electron chi connectivity index (χ4n) is 2.94. The molecule has 0 radical (unpaired) electrons. The average molecular weight is 521 g/mol. The second kappa shape index (κ2) is 9.97. The third-order valence-corrected chi connectivity index (χ3v) is 5.49. The number of anilines is 1. The number of carbonyl (C=O) groups excluding carboxylic acids is 1. The molecule has 0 aliphatic rings. The van der Waals surface area contributed by atoms with E-state index in [2.05, 4.69) is 15.6 Å². The Balaban J connectivity index is 1.40. The lowest BCUT2D eigenvalue weighted by molar-refractivity contribution is -0.125.